The Hall–Kier alpha value is -0.890. The molecule has 21 heavy (non-hydrogen) atoms. The Kier molecular flexibility index (Phi) is 5.08. The van der Waals surface area contributed by atoms with Gasteiger partial charge in [-0.3, -0.25) is 0 Å². The molecule has 0 saturated heterocycles. The predicted molar refractivity (Wildman–Crippen MR) is 91.4 cm³/mol. The molecule has 0 unspecified atom stereocenters. The van der Waals surface area contributed by atoms with Gasteiger partial charge < -0.3 is 5.73 Å². The summed E-state index contributed by atoms with van der Waals surface area (Å²) in [5, 5.41) is 0. The maximum atomic E-state index is 12.5. The molecule has 0 aliphatic rings. The van der Waals surface area contributed by atoms with Crippen LogP contribution in [0, 0.1) is 0 Å². The number of sulfonamides is 1. The molecular formula is C14H14Br2N2O2S. The minimum absolute atomic E-state index is 0.0495. The highest BCUT2D eigenvalue weighted by atomic mass is 79.9. The molecule has 2 aromatic carbocycles. The number of nitrogens with one attached hydrogen (secondary N) is 1. The van der Waals surface area contributed by atoms with Crippen LogP contribution in [0.5, 0.6) is 0 Å². The number of nitrogen functional groups attached to an aromatic ring is 1. The van der Waals surface area contributed by atoms with Gasteiger partial charge in [0.15, 0.2) is 0 Å². The van der Waals surface area contributed by atoms with Crippen LogP contribution in [0.4, 0.5) is 5.69 Å². The van der Waals surface area contributed by atoms with Crippen LogP contribution in [0.25, 0.3) is 0 Å². The Morgan fingerprint density at radius 3 is 2.33 bits per heavy atom. The molecule has 3 N–H and O–H groups in total. The maximum absolute atomic E-state index is 12.5. The van der Waals surface area contributed by atoms with Crippen molar-refractivity contribution in [1.82, 2.24) is 4.72 Å². The smallest absolute Gasteiger partial charge is 0.244 e. The summed E-state index contributed by atoms with van der Waals surface area (Å²) in [6.07, 6.45) is 0. The predicted octanol–water partition coefficient (Wildman–Crippen LogP) is 3.83. The van der Waals surface area contributed by atoms with Crippen molar-refractivity contribution in [3.63, 3.8) is 0 Å². The highest BCUT2D eigenvalue weighted by molar-refractivity contribution is 9.11. The molecule has 0 aliphatic carbocycles. The zero-order valence-corrected chi connectivity index (χ0v) is 15.2. The van der Waals surface area contributed by atoms with Gasteiger partial charge in [0.25, 0.3) is 0 Å². The standard InChI is InChI=1S/C14H14Br2N2O2S/c1-9(10-5-3-2-4-6-10)18-21(19,20)14-12(16)7-11(15)8-13(14)17/h2-9,18H,17H2,1H3/t9-/m0/s1. The van der Waals surface area contributed by atoms with Gasteiger partial charge in [-0.05, 0) is 40.5 Å². The molecule has 0 saturated carbocycles. The number of hydrogen-bond acceptors (Lipinski definition) is 3. The summed E-state index contributed by atoms with van der Waals surface area (Å²) in [5.41, 5.74) is 6.91. The van der Waals surface area contributed by atoms with E-state index >= 15 is 0 Å². The molecule has 0 aromatic heterocycles. The largest absolute Gasteiger partial charge is 0.398 e. The van der Waals surface area contributed by atoms with E-state index in [1.807, 2.05) is 30.3 Å². The summed E-state index contributed by atoms with van der Waals surface area (Å²) >= 11 is 6.53. The fourth-order valence-electron chi connectivity index (χ4n) is 1.97. The van der Waals surface area contributed by atoms with Gasteiger partial charge in [-0.1, -0.05) is 46.3 Å². The van der Waals surface area contributed by atoms with Crippen molar-refractivity contribution >= 4 is 47.6 Å². The first-order valence-corrected chi connectivity index (χ1v) is 9.20. The van der Waals surface area contributed by atoms with Gasteiger partial charge in [-0.25, -0.2) is 13.1 Å². The van der Waals surface area contributed by atoms with E-state index in [2.05, 4.69) is 36.6 Å². The van der Waals surface area contributed by atoms with Gasteiger partial charge in [-0.15, -0.1) is 0 Å². The van der Waals surface area contributed by atoms with E-state index in [1.165, 1.54) is 0 Å². The van der Waals surface area contributed by atoms with Crippen LogP contribution >= 0.6 is 31.9 Å². The highest BCUT2D eigenvalue weighted by Crippen LogP contribution is 2.32. The van der Waals surface area contributed by atoms with Gasteiger partial charge >= 0.3 is 0 Å². The molecular weight excluding hydrogens is 420 g/mol. The molecule has 0 radical (unpaired) electrons. The van der Waals surface area contributed by atoms with Crippen molar-refractivity contribution in [2.24, 2.45) is 0 Å². The fraction of sp³-hybridized carbons (Fsp3) is 0.143. The summed E-state index contributed by atoms with van der Waals surface area (Å²) < 4.78 is 28.8. The Morgan fingerprint density at radius 2 is 1.76 bits per heavy atom. The molecule has 112 valence electrons. The second-order valence-electron chi connectivity index (χ2n) is 4.56. The second kappa shape index (κ2) is 6.48. The lowest BCUT2D eigenvalue weighted by Crippen LogP contribution is -2.28. The van der Waals surface area contributed by atoms with Crippen molar-refractivity contribution < 1.29 is 8.42 Å². The number of nitrogens with two attached hydrogens (primary N) is 1. The minimum atomic E-state index is -3.73. The van der Waals surface area contributed by atoms with Gasteiger partial charge in [-0.2, -0.15) is 0 Å². The van der Waals surface area contributed by atoms with Crippen LogP contribution in [0.15, 0.2) is 56.3 Å². The molecule has 0 aliphatic heterocycles. The SMILES string of the molecule is C[C@H](NS(=O)(=O)c1c(N)cc(Br)cc1Br)c1ccccc1. The summed E-state index contributed by atoms with van der Waals surface area (Å²) in [7, 11) is -3.73. The molecule has 4 nitrogen and oxygen atoms in total. The van der Waals surface area contributed by atoms with Crippen molar-refractivity contribution in [1.29, 1.82) is 0 Å². The topological polar surface area (TPSA) is 72.2 Å². The summed E-state index contributed by atoms with van der Waals surface area (Å²) in [4.78, 5) is 0.0495. The molecule has 2 aromatic rings. The van der Waals surface area contributed by atoms with Crippen molar-refractivity contribution in [3.05, 3.63) is 57.0 Å². The lowest BCUT2D eigenvalue weighted by atomic mass is 10.1. The number of anilines is 1. The van der Waals surface area contributed by atoms with E-state index in [9.17, 15) is 8.42 Å². The first kappa shape index (κ1) is 16.5. The van der Waals surface area contributed by atoms with E-state index in [4.69, 9.17) is 5.73 Å². The van der Waals surface area contributed by atoms with Crippen LogP contribution in [0.3, 0.4) is 0 Å². The average Bonchev–Trinajstić information content (AvgIpc) is 2.37. The number of benzene rings is 2. The van der Waals surface area contributed by atoms with Gasteiger partial charge in [0.05, 0.1) is 5.69 Å². The third kappa shape index (κ3) is 3.85. The Labute approximate surface area is 141 Å². The Balaban J connectivity index is 2.36. The first-order valence-electron chi connectivity index (χ1n) is 6.13. The molecule has 2 rings (SSSR count). The summed E-state index contributed by atoms with van der Waals surface area (Å²) in [6, 6.07) is 12.2. The molecule has 0 bridgehead atoms. The van der Waals surface area contributed by atoms with Crippen LogP contribution < -0.4 is 10.5 Å². The van der Waals surface area contributed by atoms with Gasteiger partial charge in [0.1, 0.15) is 4.90 Å². The Morgan fingerprint density at radius 1 is 1.14 bits per heavy atom. The van der Waals surface area contributed by atoms with E-state index in [0.717, 1.165) is 5.56 Å². The quantitative estimate of drug-likeness (QED) is 0.719. The zero-order valence-electron chi connectivity index (χ0n) is 11.2. The average molecular weight is 434 g/mol. The van der Waals surface area contributed by atoms with E-state index in [1.54, 1.807) is 19.1 Å². The zero-order chi connectivity index (χ0) is 15.6. The molecule has 1 atom stereocenters. The number of rotatable bonds is 4. The molecule has 0 amide bonds. The maximum Gasteiger partial charge on any atom is 0.244 e. The first-order chi connectivity index (χ1) is 9.81. The van der Waals surface area contributed by atoms with Crippen LogP contribution in [0.2, 0.25) is 0 Å². The minimum Gasteiger partial charge on any atom is -0.398 e. The normalized spacial score (nSPS) is 13.1. The number of hydrogen-bond donors (Lipinski definition) is 2. The van der Waals surface area contributed by atoms with Crippen LogP contribution in [0.1, 0.15) is 18.5 Å². The third-order valence-corrected chi connectivity index (χ3v) is 5.94. The van der Waals surface area contributed by atoms with E-state index in [-0.39, 0.29) is 16.6 Å². The molecule has 0 spiro atoms. The molecule has 0 heterocycles. The molecule has 7 heteroatoms. The second-order valence-corrected chi connectivity index (χ2v) is 7.98. The monoisotopic (exact) mass is 432 g/mol. The lowest BCUT2D eigenvalue weighted by Gasteiger charge is -2.16. The number of halogens is 2. The van der Waals surface area contributed by atoms with Crippen molar-refractivity contribution in [2.45, 2.75) is 17.9 Å². The third-order valence-electron chi connectivity index (χ3n) is 2.94. The van der Waals surface area contributed by atoms with E-state index < -0.39 is 10.0 Å². The van der Waals surface area contributed by atoms with Crippen molar-refractivity contribution in [3.8, 4) is 0 Å². The van der Waals surface area contributed by atoms with E-state index in [0.29, 0.717) is 8.95 Å². The van der Waals surface area contributed by atoms with Gasteiger partial charge in [0.2, 0.25) is 10.0 Å². The highest BCUT2D eigenvalue weighted by Gasteiger charge is 2.24. The van der Waals surface area contributed by atoms with Crippen molar-refractivity contribution in [2.75, 3.05) is 5.73 Å². The van der Waals surface area contributed by atoms with Gasteiger partial charge in [0, 0.05) is 15.0 Å². The Bertz CT molecular complexity index is 726. The molecule has 0 fully saturated rings. The summed E-state index contributed by atoms with van der Waals surface area (Å²) in [5.74, 6) is 0. The van der Waals surface area contributed by atoms with Crippen LogP contribution in [-0.4, -0.2) is 8.42 Å². The lowest BCUT2D eigenvalue weighted by molar-refractivity contribution is 0.567. The fourth-order valence-corrected chi connectivity index (χ4v) is 5.27. The van der Waals surface area contributed by atoms with Crippen LogP contribution in [-0.2, 0) is 10.0 Å². The summed E-state index contributed by atoms with van der Waals surface area (Å²) in [6.45, 7) is 1.79.